The van der Waals surface area contributed by atoms with Crippen molar-refractivity contribution >= 4 is 0 Å². The van der Waals surface area contributed by atoms with E-state index in [0.717, 1.165) is 39.2 Å². The number of nitrogens with one attached hydrogen (secondary N) is 1. The van der Waals surface area contributed by atoms with E-state index in [-0.39, 0.29) is 12.1 Å². The summed E-state index contributed by atoms with van der Waals surface area (Å²) in [6.45, 7) is 9.40. The predicted octanol–water partition coefficient (Wildman–Crippen LogP) is 0.705. The van der Waals surface area contributed by atoms with E-state index in [1.165, 1.54) is 6.42 Å². The highest BCUT2D eigenvalue weighted by molar-refractivity contribution is 4.88. The van der Waals surface area contributed by atoms with Crippen molar-refractivity contribution in [2.24, 2.45) is 5.92 Å². The van der Waals surface area contributed by atoms with Gasteiger partial charge in [-0.3, -0.25) is 0 Å². The van der Waals surface area contributed by atoms with Crippen molar-refractivity contribution in [3.63, 3.8) is 0 Å². The lowest BCUT2D eigenvalue weighted by atomic mass is 10.0. The molecule has 1 saturated heterocycles. The molecule has 0 aromatic rings. The van der Waals surface area contributed by atoms with E-state index in [4.69, 9.17) is 4.74 Å². The number of likely N-dealkylation sites (tertiary alicyclic amines) is 1. The van der Waals surface area contributed by atoms with Gasteiger partial charge in [-0.1, -0.05) is 6.92 Å². The van der Waals surface area contributed by atoms with Crippen LogP contribution in [0.5, 0.6) is 0 Å². The second-order valence-corrected chi connectivity index (χ2v) is 5.49. The molecule has 2 atom stereocenters. The number of rotatable bonds is 8. The van der Waals surface area contributed by atoms with Gasteiger partial charge in [-0.25, -0.2) is 0 Å². The van der Waals surface area contributed by atoms with E-state index in [9.17, 15) is 5.11 Å². The number of aliphatic hydroxyl groups excluding tert-OH is 1. The Labute approximate surface area is 105 Å². The maximum absolute atomic E-state index is 9.53. The number of methoxy groups -OCH3 is 1. The number of aliphatic hydroxyl groups is 1. The molecule has 0 radical (unpaired) electrons. The number of nitrogens with zero attached hydrogens (tertiary/aromatic N) is 1. The lowest BCUT2D eigenvalue weighted by Gasteiger charge is -2.33. The molecule has 0 amide bonds. The van der Waals surface area contributed by atoms with E-state index in [2.05, 4.69) is 24.1 Å². The summed E-state index contributed by atoms with van der Waals surface area (Å²) >= 11 is 0. The monoisotopic (exact) mass is 244 g/mol. The molecule has 0 saturated carbocycles. The summed E-state index contributed by atoms with van der Waals surface area (Å²) in [6.07, 6.45) is 2.31. The topological polar surface area (TPSA) is 44.7 Å². The van der Waals surface area contributed by atoms with Gasteiger partial charge in [-0.05, 0) is 38.8 Å². The molecule has 17 heavy (non-hydrogen) atoms. The number of ether oxygens (including phenoxy) is 1. The van der Waals surface area contributed by atoms with Gasteiger partial charge in [0.25, 0.3) is 0 Å². The highest BCUT2D eigenvalue weighted by Crippen LogP contribution is 2.18. The maximum atomic E-state index is 9.53. The Hall–Kier alpha value is -0.160. The second kappa shape index (κ2) is 7.31. The van der Waals surface area contributed by atoms with Crippen LogP contribution in [0.2, 0.25) is 0 Å². The lowest BCUT2D eigenvalue weighted by Crippen LogP contribution is -2.53. The average Bonchev–Trinajstić information content (AvgIpc) is 2.74. The van der Waals surface area contributed by atoms with Crippen LogP contribution in [-0.2, 0) is 4.74 Å². The first-order chi connectivity index (χ1) is 8.13. The van der Waals surface area contributed by atoms with E-state index in [0.29, 0.717) is 5.92 Å². The van der Waals surface area contributed by atoms with Crippen molar-refractivity contribution in [3.05, 3.63) is 0 Å². The minimum atomic E-state index is -0.169. The van der Waals surface area contributed by atoms with E-state index < -0.39 is 0 Å². The van der Waals surface area contributed by atoms with Crippen LogP contribution in [0.4, 0.5) is 0 Å². The molecule has 2 unspecified atom stereocenters. The fourth-order valence-corrected chi connectivity index (χ4v) is 2.51. The van der Waals surface area contributed by atoms with Crippen LogP contribution in [0.15, 0.2) is 0 Å². The quantitative estimate of drug-likeness (QED) is 0.660. The van der Waals surface area contributed by atoms with Crippen molar-refractivity contribution < 1.29 is 9.84 Å². The van der Waals surface area contributed by atoms with Crippen molar-refractivity contribution in [2.75, 3.05) is 46.5 Å². The summed E-state index contributed by atoms with van der Waals surface area (Å²) < 4.78 is 5.20. The minimum Gasteiger partial charge on any atom is -0.394 e. The average molecular weight is 244 g/mol. The number of hydrogen-bond acceptors (Lipinski definition) is 4. The molecule has 4 heteroatoms. The van der Waals surface area contributed by atoms with Crippen LogP contribution in [0.1, 0.15) is 26.7 Å². The van der Waals surface area contributed by atoms with Crippen LogP contribution in [-0.4, -0.2) is 62.0 Å². The van der Waals surface area contributed by atoms with Crippen LogP contribution in [0.25, 0.3) is 0 Å². The summed E-state index contributed by atoms with van der Waals surface area (Å²) in [5.41, 5.74) is -0.169. The summed E-state index contributed by atoms with van der Waals surface area (Å²) in [5, 5.41) is 13.0. The molecule has 1 aliphatic heterocycles. The Balaban J connectivity index is 2.36. The largest absolute Gasteiger partial charge is 0.394 e. The molecule has 0 spiro atoms. The molecule has 0 bridgehead atoms. The Kier molecular flexibility index (Phi) is 6.41. The van der Waals surface area contributed by atoms with Crippen molar-refractivity contribution in [1.82, 2.24) is 10.2 Å². The molecule has 0 aromatic carbocycles. The molecular weight excluding hydrogens is 216 g/mol. The smallest absolute Gasteiger partial charge is 0.0623 e. The van der Waals surface area contributed by atoms with Gasteiger partial charge in [0.2, 0.25) is 0 Å². The van der Waals surface area contributed by atoms with Gasteiger partial charge >= 0.3 is 0 Å². The molecule has 1 heterocycles. The van der Waals surface area contributed by atoms with Gasteiger partial charge in [0, 0.05) is 20.2 Å². The van der Waals surface area contributed by atoms with E-state index >= 15 is 0 Å². The third kappa shape index (κ3) is 4.92. The van der Waals surface area contributed by atoms with Crippen LogP contribution < -0.4 is 5.32 Å². The molecule has 102 valence electrons. The predicted molar refractivity (Wildman–Crippen MR) is 70.2 cm³/mol. The molecule has 0 aliphatic carbocycles. The fourth-order valence-electron chi connectivity index (χ4n) is 2.51. The SMILES string of the molecule is CCCNC(C)(CO)CN1CCC(COC)C1. The van der Waals surface area contributed by atoms with Crippen molar-refractivity contribution in [3.8, 4) is 0 Å². The minimum absolute atomic E-state index is 0.169. The van der Waals surface area contributed by atoms with Crippen LogP contribution in [0.3, 0.4) is 0 Å². The van der Waals surface area contributed by atoms with Crippen LogP contribution >= 0.6 is 0 Å². The van der Waals surface area contributed by atoms with Gasteiger partial charge in [0.15, 0.2) is 0 Å². The van der Waals surface area contributed by atoms with Crippen LogP contribution in [0, 0.1) is 5.92 Å². The molecule has 2 N–H and O–H groups in total. The van der Waals surface area contributed by atoms with Gasteiger partial charge in [0.05, 0.1) is 18.8 Å². The second-order valence-electron chi connectivity index (χ2n) is 5.49. The zero-order valence-corrected chi connectivity index (χ0v) is 11.5. The first kappa shape index (κ1) is 14.9. The third-order valence-corrected chi connectivity index (χ3v) is 3.50. The molecule has 1 rings (SSSR count). The van der Waals surface area contributed by atoms with E-state index in [1.54, 1.807) is 7.11 Å². The Morgan fingerprint density at radius 3 is 2.88 bits per heavy atom. The fraction of sp³-hybridized carbons (Fsp3) is 1.00. The molecule has 0 aromatic heterocycles. The lowest BCUT2D eigenvalue weighted by molar-refractivity contribution is 0.121. The maximum Gasteiger partial charge on any atom is 0.0623 e. The molecule has 4 nitrogen and oxygen atoms in total. The zero-order chi connectivity index (χ0) is 12.7. The summed E-state index contributed by atoms with van der Waals surface area (Å²) in [5.74, 6) is 0.661. The van der Waals surface area contributed by atoms with Gasteiger partial charge < -0.3 is 20.1 Å². The zero-order valence-electron chi connectivity index (χ0n) is 11.5. The van der Waals surface area contributed by atoms with Gasteiger partial charge in [0.1, 0.15) is 0 Å². The summed E-state index contributed by atoms with van der Waals surface area (Å²) in [6, 6.07) is 0. The summed E-state index contributed by atoms with van der Waals surface area (Å²) in [7, 11) is 1.77. The Morgan fingerprint density at radius 2 is 2.29 bits per heavy atom. The molecular formula is C13H28N2O2. The standard InChI is InChI=1S/C13H28N2O2/c1-4-6-14-13(2,11-16)10-15-7-5-12(8-15)9-17-3/h12,14,16H,4-11H2,1-3H3. The summed E-state index contributed by atoms with van der Waals surface area (Å²) in [4.78, 5) is 2.43. The van der Waals surface area contributed by atoms with Crippen molar-refractivity contribution in [1.29, 1.82) is 0 Å². The highest BCUT2D eigenvalue weighted by Gasteiger charge is 2.30. The Morgan fingerprint density at radius 1 is 1.53 bits per heavy atom. The molecule has 1 aliphatic rings. The third-order valence-electron chi connectivity index (χ3n) is 3.50. The first-order valence-corrected chi connectivity index (χ1v) is 6.70. The van der Waals surface area contributed by atoms with E-state index in [1.807, 2.05) is 0 Å². The molecule has 1 fully saturated rings. The normalized spacial score (nSPS) is 25.1. The van der Waals surface area contributed by atoms with Crippen molar-refractivity contribution in [2.45, 2.75) is 32.2 Å². The van der Waals surface area contributed by atoms with Gasteiger partial charge in [-0.15, -0.1) is 0 Å². The first-order valence-electron chi connectivity index (χ1n) is 6.70. The number of hydrogen-bond donors (Lipinski definition) is 2. The highest BCUT2D eigenvalue weighted by atomic mass is 16.5. The van der Waals surface area contributed by atoms with Gasteiger partial charge in [-0.2, -0.15) is 0 Å². The Bertz CT molecular complexity index is 214.